The van der Waals surface area contributed by atoms with E-state index in [0.717, 1.165) is 19.3 Å². The number of nitrogens with two attached hydrogens (primary N) is 1. The highest BCUT2D eigenvalue weighted by Crippen LogP contribution is 2.26. The van der Waals surface area contributed by atoms with Crippen molar-refractivity contribution in [2.45, 2.75) is 38.3 Å². The van der Waals surface area contributed by atoms with E-state index in [1.807, 2.05) is 0 Å². The summed E-state index contributed by atoms with van der Waals surface area (Å²) in [6.45, 7) is 2.20. The Labute approximate surface area is 158 Å². The van der Waals surface area contributed by atoms with Gasteiger partial charge in [-0.3, -0.25) is 9.59 Å². The number of hydrogen-bond acceptors (Lipinski definition) is 3. The van der Waals surface area contributed by atoms with Crippen LogP contribution in [0, 0.1) is 5.92 Å². The highest BCUT2D eigenvalue weighted by atomic mass is 35.5. The van der Waals surface area contributed by atoms with Crippen molar-refractivity contribution >= 4 is 47.4 Å². The van der Waals surface area contributed by atoms with E-state index in [4.69, 9.17) is 28.9 Å². The maximum absolute atomic E-state index is 12.3. The predicted molar refractivity (Wildman–Crippen MR) is 99.0 cm³/mol. The Hall–Kier alpha value is -1.01. The van der Waals surface area contributed by atoms with Gasteiger partial charge < -0.3 is 16.4 Å². The van der Waals surface area contributed by atoms with E-state index >= 15 is 0 Å². The summed E-state index contributed by atoms with van der Waals surface area (Å²) < 4.78 is 0. The minimum Gasteiger partial charge on any atom is -0.351 e. The van der Waals surface area contributed by atoms with E-state index < -0.39 is 11.9 Å². The van der Waals surface area contributed by atoms with Gasteiger partial charge in [-0.2, -0.15) is 0 Å². The third kappa shape index (κ3) is 4.99. The van der Waals surface area contributed by atoms with Gasteiger partial charge in [0, 0.05) is 6.04 Å². The molecule has 0 bridgehead atoms. The summed E-state index contributed by atoms with van der Waals surface area (Å²) >= 11 is 11.9. The summed E-state index contributed by atoms with van der Waals surface area (Å²) in [6, 6.07) is 4.22. The summed E-state index contributed by atoms with van der Waals surface area (Å²) in [5.41, 5.74) is 5.96. The van der Waals surface area contributed by atoms with Crippen LogP contribution in [0.25, 0.3) is 0 Å². The minimum atomic E-state index is -0.670. The van der Waals surface area contributed by atoms with Crippen molar-refractivity contribution in [1.82, 2.24) is 10.6 Å². The van der Waals surface area contributed by atoms with Crippen molar-refractivity contribution in [1.29, 1.82) is 0 Å². The number of benzene rings is 1. The zero-order chi connectivity index (χ0) is 17.0. The largest absolute Gasteiger partial charge is 0.351 e. The normalized spacial score (nSPS) is 20.8. The molecule has 1 saturated carbocycles. The van der Waals surface area contributed by atoms with Crippen molar-refractivity contribution in [3.05, 3.63) is 33.8 Å². The molecule has 2 amide bonds. The fourth-order valence-electron chi connectivity index (χ4n) is 2.84. The quantitative estimate of drug-likeness (QED) is 0.718. The van der Waals surface area contributed by atoms with Crippen molar-refractivity contribution in [3.8, 4) is 0 Å². The molecule has 1 aromatic rings. The van der Waals surface area contributed by atoms with Crippen molar-refractivity contribution < 1.29 is 9.59 Å². The maximum Gasteiger partial charge on any atom is 0.253 e. The van der Waals surface area contributed by atoms with Crippen molar-refractivity contribution in [2.75, 3.05) is 6.54 Å². The van der Waals surface area contributed by atoms with Crippen LogP contribution in [0.2, 0.25) is 10.0 Å². The van der Waals surface area contributed by atoms with Gasteiger partial charge in [0.2, 0.25) is 5.91 Å². The Morgan fingerprint density at radius 2 is 2.04 bits per heavy atom. The lowest BCUT2D eigenvalue weighted by molar-refractivity contribution is -0.123. The summed E-state index contributed by atoms with van der Waals surface area (Å²) in [4.78, 5) is 24.5. The molecule has 3 atom stereocenters. The zero-order valence-electron chi connectivity index (χ0n) is 13.4. The van der Waals surface area contributed by atoms with Gasteiger partial charge in [-0.1, -0.05) is 35.7 Å². The van der Waals surface area contributed by atoms with Crippen LogP contribution in [0.3, 0.4) is 0 Å². The fourth-order valence-corrected chi connectivity index (χ4v) is 3.22. The summed E-state index contributed by atoms with van der Waals surface area (Å²) in [5, 5.41) is 6.09. The van der Waals surface area contributed by atoms with E-state index in [1.54, 1.807) is 25.1 Å². The maximum atomic E-state index is 12.3. The summed E-state index contributed by atoms with van der Waals surface area (Å²) in [5.74, 6) is -0.340. The molecule has 0 saturated heterocycles. The smallest absolute Gasteiger partial charge is 0.253 e. The van der Waals surface area contributed by atoms with Crippen LogP contribution in [0.4, 0.5) is 0 Å². The lowest BCUT2D eigenvalue weighted by atomic mass is 10.0. The number of hydrogen-bond donors (Lipinski definition) is 3. The molecule has 0 aromatic heterocycles. The molecule has 1 aromatic carbocycles. The van der Waals surface area contributed by atoms with E-state index in [-0.39, 0.29) is 34.9 Å². The van der Waals surface area contributed by atoms with Crippen LogP contribution >= 0.6 is 35.6 Å². The minimum absolute atomic E-state index is 0. The molecular formula is C16H22Cl3N3O2. The van der Waals surface area contributed by atoms with E-state index in [9.17, 15) is 9.59 Å². The first-order valence-electron chi connectivity index (χ1n) is 7.69. The standard InChI is InChI=1S/C16H21Cl2N3O2.ClH/c1-9(15(22)21-13-7-2-4-10(13)8-19)20-16(23)11-5-3-6-12(17)14(11)18;/h3,5-6,9-10,13H,2,4,7-8,19H2,1H3,(H,20,23)(H,21,22);1H. The number of carbonyl (C=O) groups is 2. The molecule has 24 heavy (non-hydrogen) atoms. The number of amides is 2. The Kier molecular flexibility index (Phi) is 8.30. The van der Waals surface area contributed by atoms with Crippen LogP contribution in [0.15, 0.2) is 18.2 Å². The number of nitrogens with one attached hydrogen (secondary N) is 2. The topological polar surface area (TPSA) is 84.2 Å². The van der Waals surface area contributed by atoms with Crippen LogP contribution in [0.1, 0.15) is 36.5 Å². The molecule has 0 radical (unpaired) electrons. The molecule has 8 heteroatoms. The Balaban J connectivity index is 0.00000288. The van der Waals surface area contributed by atoms with Crippen LogP contribution in [-0.2, 0) is 4.79 Å². The first-order chi connectivity index (χ1) is 10.9. The molecule has 0 aliphatic heterocycles. The summed E-state index contributed by atoms with van der Waals surface area (Å²) in [7, 11) is 0. The molecule has 0 heterocycles. The summed E-state index contributed by atoms with van der Waals surface area (Å²) in [6.07, 6.45) is 3.01. The van der Waals surface area contributed by atoms with Crippen LogP contribution < -0.4 is 16.4 Å². The first-order valence-corrected chi connectivity index (χ1v) is 8.45. The fraction of sp³-hybridized carbons (Fsp3) is 0.500. The van der Waals surface area contributed by atoms with Gasteiger partial charge >= 0.3 is 0 Å². The average molecular weight is 395 g/mol. The van der Waals surface area contributed by atoms with E-state index in [1.165, 1.54) is 0 Å². The molecule has 4 N–H and O–H groups in total. The van der Waals surface area contributed by atoms with Crippen molar-refractivity contribution in [3.63, 3.8) is 0 Å². The van der Waals surface area contributed by atoms with Gasteiger partial charge in [0.1, 0.15) is 6.04 Å². The second-order valence-electron chi connectivity index (χ2n) is 5.84. The van der Waals surface area contributed by atoms with Gasteiger partial charge in [-0.05, 0) is 44.4 Å². The van der Waals surface area contributed by atoms with E-state index in [2.05, 4.69) is 10.6 Å². The Morgan fingerprint density at radius 3 is 2.71 bits per heavy atom. The van der Waals surface area contributed by atoms with Gasteiger partial charge in [-0.15, -0.1) is 12.4 Å². The molecule has 2 rings (SSSR count). The van der Waals surface area contributed by atoms with Gasteiger partial charge in [-0.25, -0.2) is 0 Å². The van der Waals surface area contributed by atoms with Gasteiger partial charge in [0.15, 0.2) is 0 Å². The first kappa shape index (κ1) is 21.0. The molecule has 3 unspecified atom stereocenters. The van der Waals surface area contributed by atoms with Crippen LogP contribution in [0.5, 0.6) is 0 Å². The molecule has 134 valence electrons. The zero-order valence-corrected chi connectivity index (χ0v) is 15.7. The Morgan fingerprint density at radius 1 is 1.33 bits per heavy atom. The lowest BCUT2D eigenvalue weighted by Gasteiger charge is -2.22. The van der Waals surface area contributed by atoms with Crippen LogP contribution in [-0.4, -0.2) is 30.4 Å². The Bertz CT molecular complexity index is 598. The monoisotopic (exact) mass is 393 g/mol. The third-order valence-electron chi connectivity index (χ3n) is 4.23. The highest BCUT2D eigenvalue weighted by molar-refractivity contribution is 6.43. The molecule has 5 nitrogen and oxygen atoms in total. The average Bonchev–Trinajstić information content (AvgIpc) is 2.96. The predicted octanol–water partition coefficient (Wildman–Crippen LogP) is 2.78. The lowest BCUT2D eigenvalue weighted by Crippen LogP contribution is -2.49. The second kappa shape index (κ2) is 9.47. The number of halogens is 3. The SMILES string of the molecule is CC(NC(=O)c1cccc(Cl)c1Cl)C(=O)NC1CCCC1CN.Cl. The highest BCUT2D eigenvalue weighted by Gasteiger charge is 2.29. The second-order valence-corrected chi connectivity index (χ2v) is 6.62. The van der Waals surface area contributed by atoms with Crippen molar-refractivity contribution in [2.24, 2.45) is 11.7 Å². The van der Waals surface area contributed by atoms with Gasteiger partial charge in [0.25, 0.3) is 5.91 Å². The third-order valence-corrected chi connectivity index (χ3v) is 5.05. The van der Waals surface area contributed by atoms with Gasteiger partial charge in [0.05, 0.1) is 15.6 Å². The number of rotatable bonds is 5. The molecule has 1 aliphatic carbocycles. The molecule has 0 spiro atoms. The number of carbonyl (C=O) groups excluding carboxylic acids is 2. The molecule has 1 aliphatic rings. The molecule has 1 fully saturated rings. The molecular weight excluding hydrogens is 373 g/mol. The van der Waals surface area contributed by atoms with E-state index in [0.29, 0.717) is 17.5 Å².